The molecule has 0 saturated carbocycles. The molecule has 1 fully saturated rings. The van der Waals surface area contributed by atoms with Gasteiger partial charge in [0.2, 0.25) is 23.6 Å². The molecule has 1 aromatic rings. The lowest BCUT2D eigenvalue weighted by Crippen LogP contribution is -2.59. The second kappa shape index (κ2) is 20.6. The molecule has 13 nitrogen and oxygen atoms in total. The fourth-order valence-electron chi connectivity index (χ4n) is 6.96. The molecule has 1 aliphatic heterocycles. The molecule has 2 rings (SSSR count). The van der Waals surface area contributed by atoms with Crippen molar-refractivity contribution in [2.24, 2.45) is 28.9 Å². The van der Waals surface area contributed by atoms with Gasteiger partial charge in [-0.15, -0.1) is 0 Å². The zero-order valence-electron chi connectivity index (χ0n) is 33.3. The molecule has 0 aromatic heterocycles. The lowest BCUT2D eigenvalue weighted by atomic mass is 9.88. The molecule has 0 aliphatic carbocycles. The topological polar surface area (TPSA) is 170 Å². The van der Waals surface area contributed by atoms with E-state index in [2.05, 4.69) is 10.6 Å². The predicted molar refractivity (Wildman–Crippen MR) is 200 cm³/mol. The van der Waals surface area contributed by atoms with Crippen LogP contribution in [0, 0.1) is 23.2 Å². The predicted octanol–water partition coefficient (Wildman–Crippen LogP) is 2.93. The maximum absolute atomic E-state index is 14.1. The number of nitrogens with zero attached hydrogens (tertiary/aromatic N) is 2. The summed E-state index contributed by atoms with van der Waals surface area (Å²) in [5, 5.41) is 5.77. The summed E-state index contributed by atoms with van der Waals surface area (Å²) in [4.78, 5) is 70.9. The van der Waals surface area contributed by atoms with Crippen LogP contribution < -0.4 is 16.4 Å². The van der Waals surface area contributed by atoms with Crippen LogP contribution in [0.3, 0.4) is 0 Å². The van der Waals surface area contributed by atoms with Crippen molar-refractivity contribution >= 4 is 29.6 Å². The maximum atomic E-state index is 14.1. The average molecular weight is 732 g/mol. The van der Waals surface area contributed by atoms with E-state index in [0.29, 0.717) is 13.0 Å². The minimum Gasteiger partial charge on any atom is -0.467 e. The van der Waals surface area contributed by atoms with E-state index in [-0.39, 0.29) is 54.9 Å². The lowest BCUT2D eigenvalue weighted by molar-refractivity contribution is -0.149. The number of amides is 4. The van der Waals surface area contributed by atoms with Crippen LogP contribution in [0.15, 0.2) is 30.3 Å². The van der Waals surface area contributed by atoms with Crippen LogP contribution in [-0.2, 0) is 44.6 Å². The van der Waals surface area contributed by atoms with Gasteiger partial charge in [0.05, 0.1) is 49.2 Å². The van der Waals surface area contributed by atoms with Crippen molar-refractivity contribution in [1.29, 1.82) is 0 Å². The Labute approximate surface area is 311 Å². The van der Waals surface area contributed by atoms with Crippen LogP contribution in [0.2, 0.25) is 0 Å². The zero-order chi connectivity index (χ0) is 39.3. The molecule has 294 valence electrons. The van der Waals surface area contributed by atoms with Gasteiger partial charge in [0.1, 0.15) is 12.1 Å². The Hall–Kier alpha value is -3.55. The third kappa shape index (κ3) is 11.5. The summed E-state index contributed by atoms with van der Waals surface area (Å²) in [7, 11) is 6.04. The Morgan fingerprint density at radius 2 is 1.63 bits per heavy atom. The van der Waals surface area contributed by atoms with Crippen molar-refractivity contribution < 1.29 is 38.2 Å². The molecule has 1 aromatic carbocycles. The number of ether oxygens (including phenoxy) is 3. The molecule has 52 heavy (non-hydrogen) atoms. The van der Waals surface area contributed by atoms with Gasteiger partial charge in [-0.05, 0) is 44.1 Å². The second-order valence-corrected chi connectivity index (χ2v) is 15.1. The number of esters is 1. The van der Waals surface area contributed by atoms with Crippen molar-refractivity contribution in [3.05, 3.63) is 35.9 Å². The van der Waals surface area contributed by atoms with Gasteiger partial charge in [0.15, 0.2) is 0 Å². The molecule has 0 radical (unpaired) electrons. The van der Waals surface area contributed by atoms with E-state index in [9.17, 15) is 24.0 Å². The smallest absolute Gasteiger partial charge is 0.328 e. The number of hydrogen-bond acceptors (Lipinski definition) is 9. The highest BCUT2D eigenvalue weighted by molar-refractivity contribution is 5.90. The number of nitrogens with one attached hydrogen (secondary N) is 2. The van der Waals surface area contributed by atoms with Crippen LogP contribution in [0.5, 0.6) is 0 Å². The Kier molecular flexibility index (Phi) is 17.7. The molecule has 4 N–H and O–H groups in total. The summed E-state index contributed by atoms with van der Waals surface area (Å²) in [6.07, 6.45) is 1.04. The van der Waals surface area contributed by atoms with E-state index < -0.39 is 53.7 Å². The maximum Gasteiger partial charge on any atom is 0.328 e. The van der Waals surface area contributed by atoms with Crippen LogP contribution in [0.4, 0.5) is 0 Å². The number of benzene rings is 1. The highest BCUT2D eigenvalue weighted by Gasteiger charge is 2.43. The van der Waals surface area contributed by atoms with E-state index in [1.54, 1.807) is 37.6 Å². The van der Waals surface area contributed by atoms with Gasteiger partial charge in [0.25, 0.3) is 0 Å². The highest BCUT2D eigenvalue weighted by atomic mass is 16.5. The fraction of sp³-hybridized carbons (Fsp3) is 0.718. The molecular formula is C39H65N5O8. The number of carbonyl (C=O) groups is 5. The molecule has 1 saturated heterocycles. The van der Waals surface area contributed by atoms with Crippen molar-refractivity contribution in [3.63, 3.8) is 0 Å². The highest BCUT2D eigenvalue weighted by Crippen LogP contribution is 2.30. The molecule has 4 amide bonds. The Bertz CT molecular complexity index is 1320. The summed E-state index contributed by atoms with van der Waals surface area (Å²) in [6.45, 7) is 13.6. The summed E-state index contributed by atoms with van der Waals surface area (Å²) in [6, 6.07) is 6.80. The summed E-state index contributed by atoms with van der Waals surface area (Å²) in [5.74, 6) is -2.63. The quantitative estimate of drug-likeness (QED) is 0.171. The first-order chi connectivity index (χ1) is 24.5. The largest absolute Gasteiger partial charge is 0.467 e. The van der Waals surface area contributed by atoms with Crippen molar-refractivity contribution in [1.82, 2.24) is 20.4 Å². The Morgan fingerprint density at radius 1 is 1.00 bits per heavy atom. The number of carbonyl (C=O) groups excluding carboxylic acids is 5. The molecular weight excluding hydrogens is 666 g/mol. The van der Waals surface area contributed by atoms with Crippen LogP contribution >= 0.6 is 0 Å². The molecule has 1 heterocycles. The SMILES string of the molecule is CC[C@H](C)[C@@H]([C@@H](CC(=O)N1CCC[C@H]1[C@H](OC)[C@@H](C)C(=O)N[C@@H](Cc1ccccc1)C(=O)OC)OC)N(C)C(=O)[C@@H](NC(=O)C(C)(C)CN)C(C)C. The molecule has 0 unspecified atom stereocenters. The molecule has 8 atom stereocenters. The monoisotopic (exact) mass is 731 g/mol. The van der Waals surface area contributed by atoms with Gasteiger partial charge >= 0.3 is 5.97 Å². The van der Waals surface area contributed by atoms with Gasteiger partial charge in [-0.3, -0.25) is 19.2 Å². The number of likely N-dealkylation sites (N-methyl/N-ethyl adjacent to an activating group) is 1. The number of rotatable bonds is 20. The first kappa shape index (κ1) is 44.6. The van der Waals surface area contributed by atoms with E-state index in [0.717, 1.165) is 18.4 Å². The number of likely N-dealkylation sites (tertiary alicyclic amines) is 1. The van der Waals surface area contributed by atoms with E-state index in [1.165, 1.54) is 21.3 Å². The fourth-order valence-corrected chi connectivity index (χ4v) is 6.96. The van der Waals surface area contributed by atoms with Crippen LogP contribution in [0.25, 0.3) is 0 Å². The molecule has 13 heteroatoms. The van der Waals surface area contributed by atoms with Gasteiger partial charge in [-0.1, -0.05) is 71.4 Å². The lowest BCUT2D eigenvalue weighted by Gasteiger charge is -2.41. The van der Waals surface area contributed by atoms with Crippen molar-refractivity contribution in [3.8, 4) is 0 Å². The van der Waals surface area contributed by atoms with E-state index in [1.807, 2.05) is 58.0 Å². The minimum absolute atomic E-state index is 0.00294. The van der Waals surface area contributed by atoms with Crippen molar-refractivity contribution in [2.75, 3.05) is 41.5 Å². The number of nitrogens with two attached hydrogens (primary N) is 1. The third-order valence-corrected chi connectivity index (χ3v) is 10.7. The summed E-state index contributed by atoms with van der Waals surface area (Å²) in [5.41, 5.74) is 5.86. The summed E-state index contributed by atoms with van der Waals surface area (Å²) < 4.78 is 16.9. The second-order valence-electron chi connectivity index (χ2n) is 15.1. The van der Waals surface area contributed by atoms with Gasteiger partial charge < -0.3 is 40.4 Å². The van der Waals surface area contributed by atoms with E-state index >= 15 is 0 Å². The molecule has 0 spiro atoms. The summed E-state index contributed by atoms with van der Waals surface area (Å²) >= 11 is 0. The minimum atomic E-state index is -0.892. The zero-order valence-corrected chi connectivity index (χ0v) is 33.3. The normalized spacial score (nSPS) is 18.8. The van der Waals surface area contributed by atoms with Crippen LogP contribution in [0.1, 0.15) is 79.7 Å². The first-order valence-corrected chi connectivity index (χ1v) is 18.5. The Morgan fingerprint density at radius 3 is 2.15 bits per heavy atom. The van der Waals surface area contributed by atoms with E-state index in [4.69, 9.17) is 19.9 Å². The van der Waals surface area contributed by atoms with Crippen molar-refractivity contribution in [2.45, 2.75) is 117 Å². The molecule has 1 aliphatic rings. The molecule has 0 bridgehead atoms. The van der Waals surface area contributed by atoms with Crippen LogP contribution in [-0.4, -0.2) is 117 Å². The van der Waals surface area contributed by atoms with Gasteiger partial charge in [-0.2, -0.15) is 0 Å². The number of hydrogen-bond donors (Lipinski definition) is 3. The third-order valence-electron chi connectivity index (χ3n) is 10.7. The van der Waals surface area contributed by atoms with Gasteiger partial charge in [-0.25, -0.2) is 4.79 Å². The first-order valence-electron chi connectivity index (χ1n) is 18.5. The van der Waals surface area contributed by atoms with Gasteiger partial charge in [0, 0.05) is 40.8 Å². The number of methoxy groups -OCH3 is 3. The standard InChI is InChI=1S/C39H65N5O8/c1-12-25(4)33(43(8)36(47)32(24(2)3)42-38(49)39(6,7)23-40)30(50-9)22-31(45)44-20-16-19-29(44)34(51-10)26(5)35(46)41-28(37(48)52-11)21-27-17-14-13-15-18-27/h13-15,17-18,24-26,28-30,32-34H,12,16,19-23,40H2,1-11H3,(H,41,46)(H,42,49)/t25-,26+,28-,29-,30+,32-,33-,34+/m0/s1. The average Bonchev–Trinajstić information content (AvgIpc) is 3.62. The Balaban J connectivity index is 2.28.